The number of carbonyl (C=O) groups is 1. The molecule has 4 N–H and O–H groups in total. The van der Waals surface area contributed by atoms with E-state index in [1.807, 2.05) is 0 Å². The van der Waals surface area contributed by atoms with Crippen LogP contribution in [-0.2, 0) is 6.54 Å². The first kappa shape index (κ1) is 17.8. The summed E-state index contributed by atoms with van der Waals surface area (Å²) in [5, 5.41) is 12.1. The second-order valence-electron chi connectivity index (χ2n) is 5.20. The van der Waals surface area contributed by atoms with Crippen molar-refractivity contribution in [3.63, 3.8) is 0 Å². The van der Waals surface area contributed by atoms with Gasteiger partial charge in [-0.25, -0.2) is 4.98 Å². The normalized spacial score (nSPS) is 13.2. The maximum atomic E-state index is 12.1. The highest BCUT2D eigenvalue weighted by atomic mass is 16.5. The molecule has 0 aliphatic rings. The molecule has 130 valence electrons. The highest BCUT2D eigenvalue weighted by Crippen LogP contribution is 2.24. The largest absolute Gasteiger partial charge is 0.497 e. The molecule has 1 amide bonds. The van der Waals surface area contributed by atoms with Crippen LogP contribution in [0.3, 0.4) is 0 Å². The molecular weight excluding hydrogens is 314 g/mol. The maximum Gasteiger partial charge on any atom is 0.273 e. The molecule has 0 aliphatic carbocycles. The number of carbonyl (C=O) groups excluding carboxylic acids is 1. The monoisotopic (exact) mass is 335 g/mol. The van der Waals surface area contributed by atoms with Crippen molar-refractivity contribution in [1.82, 2.24) is 10.3 Å². The summed E-state index contributed by atoms with van der Waals surface area (Å²) in [5.74, 6) is 0.958. The Morgan fingerprint density at radius 2 is 2.17 bits per heavy atom. The van der Waals surface area contributed by atoms with Crippen LogP contribution in [0.2, 0.25) is 0 Å². The fourth-order valence-corrected chi connectivity index (χ4v) is 2.02. The Kier molecular flexibility index (Phi) is 5.78. The first-order valence-electron chi connectivity index (χ1n) is 7.34. The van der Waals surface area contributed by atoms with E-state index in [1.54, 1.807) is 32.4 Å². The Morgan fingerprint density at radius 3 is 2.79 bits per heavy atom. The minimum absolute atomic E-state index is 0.0913. The molecule has 1 aromatic heterocycles. The Balaban J connectivity index is 2.03. The molecule has 2 aromatic rings. The third-order valence-corrected chi connectivity index (χ3v) is 3.49. The van der Waals surface area contributed by atoms with E-state index in [4.69, 9.17) is 19.6 Å². The van der Waals surface area contributed by atoms with Gasteiger partial charge < -0.3 is 30.0 Å². The van der Waals surface area contributed by atoms with Crippen LogP contribution in [0.1, 0.15) is 34.9 Å². The van der Waals surface area contributed by atoms with Gasteiger partial charge >= 0.3 is 0 Å². The van der Waals surface area contributed by atoms with E-state index >= 15 is 0 Å². The molecule has 8 heteroatoms. The van der Waals surface area contributed by atoms with Gasteiger partial charge in [-0.2, -0.15) is 0 Å². The van der Waals surface area contributed by atoms with Gasteiger partial charge in [0, 0.05) is 18.2 Å². The average Bonchev–Trinajstić information content (AvgIpc) is 3.08. The van der Waals surface area contributed by atoms with E-state index in [2.05, 4.69) is 10.3 Å². The van der Waals surface area contributed by atoms with Crippen LogP contribution >= 0.6 is 0 Å². The molecule has 0 bridgehead atoms. The molecule has 0 saturated carbocycles. The Morgan fingerprint density at radius 1 is 1.42 bits per heavy atom. The zero-order valence-corrected chi connectivity index (χ0v) is 13.8. The predicted molar refractivity (Wildman–Crippen MR) is 85.8 cm³/mol. The smallest absolute Gasteiger partial charge is 0.273 e. The standard InChI is InChI=1S/C16H21N3O5/c1-9(20)14(17)16-19-12(8-24-16)15(21)18-7-10-4-5-11(22-2)6-13(10)23-3/h4-6,8-9,14,20H,7,17H2,1-3H3,(H,18,21). The van der Waals surface area contributed by atoms with Gasteiger partial charge in [0.1, 0.15) is 23.8 Å². The van der Waals surface area contributed by atoms with Gasteiger partial charge in [-0.3, -0.25) is 4.79 Å². The van der Waals surface area contributed by atoms with Gasteiger partial charge in [-0.1, -0.05) is 0 Å². The van der Waals surface area contributed by atoms with Crippen molar-refractivity contribution in [1.29, 1.82) is 0 Å². The molecule has 2 atom stereocenters. The number of hydrogen-bond acceptors (Lipinski definition) is 7. The lowest BCUT2D eigenvalue weighted by Gasteiger charge is -2.11. The molecule has 1 heterocycles. The van der Waals surface area contributed by atoms with Gasteiger partial charge in [0.25, 0.3) is 5.91 Å². The summed E-state index contributed by atoms with van der Waals surface area (Å²) >= 11 is 0. The summed E-state index contributed by atoms with van der Waals surface area (Å²) in [6.45, 7) is 1.77. The van der Waals surface area contributed by atoms with Crippen molar-refractivity contribution >= 4 is 5.91 Å². The first-order chi connectivity index (χ1) is 11.5. The van der Waals surface area contributed by atoms with Gasteiger partial charge in [0.2, 0.25) is 5.89 Å². The van der Waals surface area contributed by atoms with Crippen molar-refractivity contribution in [2.75, 3.05) is 14.2 Å². The van der Waals surface area contributed by atoms with Gasteiger partial charge in [-0.05, 0) is 19.1 Å². The molecule has 24 heavy (non-hydrogen) atoms. The predicted octanol–water partition coefficient (Wildman–Crippen LogP) is 1.00. The third kappa shape index (κ3) is 4.03. The van der Waals surface area contributed by atoms with Crippen LogP contribution in [-0.4, -0.2) is 36.3 Å². The summed E-state index contributed by atoms with van der Waals surface area (Å²) in [6.07, 6.45) is 0.376. The van der Waals surface area contributed by atoms with Crippen LogP contribution in [0.25, 0.3) is 0 Å². The highest BCUT2D eigenvalue weighted by molar-refractivity contribution is 5.91. The highest BCUT2D eigenvalue weighted by Gasteiger charge is 2.20. The molecule has 0 radical (unpaired) electrons. The second kappa shape index (κ2) is 7.80. The van der Waals surface area contributed by atoms with Crippen molar-refractivity contribution in [2.45, 2.75) is 25.6 Å². The molecule has 0 fully saturated rings. The fourth-order valence-electron chi connectivity index (χ4n) is 2.02. The summed E-state index contributed by atoms with van der Waals surface area (Å²) in [7, 11) is 3.11. The number of methoxy groups -OCH3 is 2. The molecule has 2 unspecified atom stereocenters. The molecule has 8 nitrogen and oxygen atoms in total. The zero-order chi connectivity index (χ0) is 17.7. The number of nitrogens with two attached hydrogens (primary N) is 1. The van der Waals surface area contributed by atoms with E-state index in [9.17, 15) is 9.90 Å². The Hall–Kier alpha value is -2.58. The van der Waals surface area contributed by atoms with Gasteiger partial charge in [-0.15, -0.1) is 0 Å². The SMILES string of the molecule is COc1ccc(CNC(=O)c2coc(C(N)C(C)O)n2)c(OC)c1. The number of oxazole rings is 1. The zero-order valence-electron chi connectivity index (χ0n) is 13.8. The summed E-state index contributed by atoms with van der Waals surface area (Å²) in [4.78, 5) is 16.1. The fraction of sp³-hybridized carbons (Fsp3) is 0.375. The van der Waals surface area contributed by atoms with E-state index < -0.39 is 18.1 Å². The van der Waals surface area contributed by atoms with Crippen molar-refractivity contribution in [2.24, 2.45) is 5.73 Å². The molecule has 0 aliphatic heterocycles. The van der Waals surface area contributed by atoms with E-state index in [0.29, 0.717) is 11.5 Å². The Bertz CT molecular complexity index is 699. The van der Waals surface area contributed by atoms with Crippen LogP contribution in [0, 0.1) is 0 Å². The number of benzene rings is 1. The molecule has 2 rings (SSSR count). The van der Waals surface area contributed by atoms with Crippen LogP contribution in [0.4, 0.5) is 0 Å². The number of ether oxygens (including phenoxy) is 2. The number of amides is 1. The lowest BCUT2D eigenvalue weighted by Crippen LogP contribution is -2.25. The maximum absolute atomic E-state index is 12.1. The van der Waals surface area contributed by atoms with Crippen molar-refractivity contribution in [3.8, 4) is 11.5 Å². The second-order valence-corrected chi connectivity index (χ2v) is 5.20. The van der Waals surface area contributed by atoms with E-state index in [0.717, 1.165) is 5.56 Å². The number of aliphatic hydroxyl groups is 1. The van der Waals surface area contributed by atoms with Crippen LogP contribution in [0.5, 0.6) is 11.5 Å². The number of rotatable bonds is 7. The summed E-state index contributed by atoms with van der Waals surface area (Å²) in [6, 6.07) is 4.53. The topological polar surface area (TPSA) is 120 Å². The minimum atomic E-state index is -0.830. The van der Waals surface area contributed by atoms with Crippen molar-refractivity contribution in [3.05, 3.63) is 41.6 Å². The number of hydrogen-bond donors (Lipinski definition) is 3. The summed E-state index contributed by atoms with van der Waals surface area (Å²) < 4.78 is 15.5. The third-order valence-electron chi connectivity index (χ3n) is 3.49. The van der Waals surface area contributed by atoms with Crippen molar-refractivity contribution < 1.29 is 23.8 Å². The number of aliphatic hydroxyl groups excluding tert-OH is 1. The first-order valence-corrected chi connectivity index (χ1v) is 7.34. The average molecular weight is 335 g/mol. The lowest BCUT2D eigenvalue weighted by atomic mass is 10.2. The van der Waals surface area contributed by atoms with Crippen LogP contribution in [0.15, 0.2) is 28.9 Å². The van der Waals surface area contributed by atoms with E-state index in [-0.39, 0.29) is 18.1 Å². The molecule has 1 aromatic carbocycles. The lowest BCUT2D eigenvalue weighted by molar-refractivity contribution is 0.0945. The molecular formula is C16H21N3O5. The van der Waals surface area contributed by atoms with Gasteiger partial charge in [0.15, 0.2) is 5.69 Å². The minimum Gasteiger partial charge on any atom is -0.497 e. The number of aromatic nitrogens is 1. The number of nitrogens with one attached hydrogen (secondary N) is 1. The quantitative estimate of drug-likeness (QED) is 0.690. The van der Waals surface area contributed by atoms with Gasteiger partial charge in [0.05, 0.1) is 20.3 Å². The van der Waals surface area contributed by atoms with E-state index in [1.165, 1.54) is 13.2 Å². The number of nitrogens with zero attached hydrogens (tertiary/aromatic N) is 1. The molecule has 0 saturated heterocycles. The molecule has 0 spiro atoms. The Labute approximate surface area is 139 Å². The summed E-state index contributed by atoms with van der Waals surface area (Å²) in [5.41, 5.74) is 6.59. The van der Waals surface area contributed by atoms with Crippen LogP contribution < -0.4 is 20.5 Å².